The molecule has 0 bridgehead atoms. The Morgan fingerprint density at radius 3 is 2.77 bits per heavy atom. The molecule has 0 aliphatic carbocycles. The lowest BCUT2D eigenvalue weighted by Gasteiger charge is -2.34. The number of amides is 1. The second-order valence-electron chi connectivity index (χ2n) is 7.40. The number of nitrogens with zero attached hydrogens (tertiary/aromatic N) is 4. The maximum atomic E-state index is 12.4. The van der Waals surface area contributed by atoms with E-state index in [-0.39, 0.29) is 29.2 Å². The van der Waals surface area contributed by atoms with Crippen LogP contribution in [0.2, 0.25) is 0 Å². The quantitative estimate of drug-likeness (QED) is 0.661. The molecular formula is C16H23N6O4+. The van der Waals surface area contributed by atoms with Crippen molar-refractivity contribution in [1.29, 1.82) is 0 Å². The Morgan fingerprint density at radius 1 is 1.38 bits per heavy atom. The van der Waals surface area contributed by atoms with Gasteiger partial charge in [-0.25, -0.2) is 14.6 Å². The van der Waals surface area contributed by atoms with Crippen molar-refractivity contribution in [3.8, 4) is 0 Å². The molecule has 2 unspecified atom stereocenters. The van der Waals surface area contributed by atoms with Gasteiger partial charge >= 0.3 is 12.1 Å². The van der Waals surface area contributed by atoms with E-state index in [0.717, 1.165) is 12.8 Å². The van der Waals surface area contributed by atoms with Crippen molar-refractivity contribution < 1.29 is 24.4 Å². The van der Waals surface area contributed by atoms with Gasteiger partial charge in [0.1, 0.15) is 29.4 Å². The molecule has 2 aliphatic heterocycles. The Kier molecular flexibility index (Phi) is 4.53. The lowest BCUT2D eigenvalue weighted by atomic mass is 10.1. The van der Waals surface area contributed by atoms with Crippen LogP contribution >= 0.6 is 0 Å². The summed E-state index contributed by atoms with van der Waals surface area (Å²) < 4.78 is 5.44. The first kappa shape index (κ1) is 18.1. The van der Waals surface area contributed by atoms with Crippen molar-refractivity contribution >= 4 is 29.4 Å². The van der Waals surface area contributed by atoms with Gasteiger partial charge in [0, 0.05) is 13.0 Å². The number of rotatable bonds is 2. The van der Waals surface area contributed by atoms with Gasteiger partial charge in [-0.1, -0.05) is 5.10 Å². The zero-order valence-electron chi connectivity index (χ0n) is 15.0. The number of nitrogens with two attached hydrogens (primary N) is 1. The predicted molar refractivity (Wildman–Crippen MR) is 92.1 cm³/mol. The molecule has 140 valence electrons. The number of quaternary nitrogens is 1. The molecular weight excluding hydrogens is 340 g/mol. The maximum Gasteiger partial charge on any atom is 0.410 e. The Bertz CT molecular complexity index is 772. The summed E-state index contributed by atoms with van der Waals surface area (Å²) in [7, 11) is 0. The number of hydrogen-bond acceptors (Lipinski definition) is 7. The highest BCUT2D eigenvalue weighted by Gasteiger charge is 2.43. The average Bonchev–Trinajstić information content (AvgIpc) is 2.95. The number of carbonyl (C=O) groups is 2. The number of carboxylic acid groups (broad SMARTS) is 1. The zero-order chi connectivity index (χ0) is 19.1. The smallest absolute Gasteiger partial charge is 0.410 e. The number of likely N-dealkylation sites (tertiary alicyclic amines) is 1. The molecule has 3 heterocycles. The standard InChI is InChI=1S/C16H22N6O4/c1-16(2,3)26-15(25)21-6-4-5-9(7-21)22-13-10(11(20-22)14(23)24)12(17)18-8-19-13/h8-9H,4-7H2,1-3H3,(H,23,24)(H2,17,18,19)/p+1. The van der Waals surface area contributed by atoms with Crippen LogP contribution in [-0.4, -0.2) is 62.5 Å². The van der Waals surface area contributed by atoms with E-state index in [1.807, 2.05) is 20.8 Å². The van der Waals surface area contributed by atoms with Gasteiger partial charge in [0.2, 0.25) is 5.71 Å². The van der Waals surface area contributed by atoms with Crippen molar-refractivity contribution in [2.75, 3.05) is 18.8 Å². The molecule has 1 aromatic heterocycles. The van der Waals surface area contributed by atoms with Crippen molar-refractivity contribution in [2.24, 2.45) is 5.10 Å². The molecule has 4 N–H and O–H groups in total. The highest BCUT2D eigenvalue weighted by Crippen LogP contribution is 2.22. The molecule has 1 aromatic rings. The summed E-state index contributed by atoms with van der Waals surface area (Å²) in [6.07, 6.45) is 2.45. The minimum atomic E-state index is -1.18. The van der Waals surface area contributed by atoms with E-state index in [2.05, 4.69) is 15.1 Å². The number of nitrogens with one attached hydrogen (secondary N) is 1. The topological polar surface area (TPSA) is 135 Å². The molecule has 0 radical (unpaired) electrons. The van der Waals surface area contributed by atoms with Crippen molar-refractivity contribution in [1.82, 2.24) is 14.9 Å². The fourth-order valence-electron chi connectivity index (χ4n) is 3.19. The number of carboxylic acids is 1. The first-order chi connectivity index (χ1) is 12.2. The van der Waals surface area contributed by atoms with Crippen molar-refractivity contribution in [2.45, 2.75) is 45.3 Å². The van der Waals surface area contributed by atoms with E-state index in [4.69, 9.17) is 10.5 Å². The highest BCUT2D eigenvalue weighted by atomic mass is 16.6. The summed E-state index contributed by atoms with van der Waals surface area (Å²) in [5, 5.41) is 14.3. The number of ether oxygens (including phenoxy) is 1. The molecule has 3 rings (SSSR count). The Hall–Kier alpha value is -2.75. The number of hydrogen-bond donors (Lipinski definition) is 3. The molecule has 10 heteroatoms. The molecule has 1 fully saturated rings. The van der Waals surface area contributed by atoms with E-state index < -0.39 is 11.6 Å². The average molecular weight is 363 g/mol. The Balaban J connectivity index is 1.84. The number of fused-ring (bicyclic) bond motifs is 1. The SMILES string of the molecule is CC(C)(C)OC(=O)N1CCCC([NH+]2N=C(C(=O)O)c3c(N)ncnc32)C1. The number of aliphatic carboxylic acids is 1. The molecule has 0 aromatic carbocycles. The van der Waals surface area contributed by atoms with E-state index in [0.29, 0.717) is 23.9 Å². The summed E-state index contributed by atoms with van der Waals surface area (Å²) in [4.78, 5) is 33.6. The summed E-state index contributed by atoms with van der Waals surface area (Å²) in [6.45, 7) is 6.43. The van der Waals surface area contributed by atoms with Crippen LogP contribution in [-0.2, 0) is 9.53 Å². The monoisotopic (exact) mass is 363 g/mol. The number of nitrogen functional groups attached to an aromatic ring is 1. The van der Waals surface area contributed by atoms with Gasteiger partial charge in [0.25, 0.3) is 5.82 Å². The molecule has 2 aliphatic rings. The summed E-state index contributed by atoms with van der Waals surface area (Å²) in [5.41, 5.74) is 5.37. The molecule has 1 amide bonds. The van der Waals surface area contributed by atoms with Crippen LogP contribution in [0.4, 0.5) is 16.4 Å². The number of piperidine rings is 1. The van der Waals surface area contributed by atoms with Crippen LogP contribution in [0.3, 0.4) is 0 Å². The van der Waals surface area contributed by atoms with E-state index in [1.165, 1.54) is 6.33 Å². The third-order valence-electron chi connectivity index (χ3n) is 4.25. The minimum Gasteiger partial charge on any atom is -0.476 e. The van der Waals surface area contributed by atoms with Crippen molar-refractivity contribution in [3.63, 3.8) is 0 Å². The third-order valence-corrected chi connectivity index (χ3v) is 4.25. The molecule has 1 saturated heterocycles. The first-order valence-corrected chi connectivity index (χ1v) is 8.45. The van der Waals surface area contributed by atoms with Gasteiger partial charge in [-0.2, -0.15) is 9.99 Å². The van der Waals surface area contributed by atoms with Gasteiger partial charge in [0.05, 0.1) is 6.54 Å². The van der Waals surface area contributed by atoms with Gasteiger partial charge in [0.15, 0.2) is 0 Å². The van der Waals surface area contributed by atoms with E-state index in [1.54, 1.807) is 4.90 Å². The number of anilines is 1. The summed E-state index contributed by atoms with van der Waals surface area (Å²) in [5.74, 6) is -0.653. The van der Waals surface area contributed by atoms with Gasteiger partial charge in [-0.15, -0.1) is 0 Å². The lowest BCUT2D eigenvalue weighted by Crippen LogP contribution is -3.07. The largest absolute Gasteiger partial charge is 0.476 e. The molecule has 0 spiro atoms. The van der Waals surface area contributed by atoms with Crippen LogP contribution in [0, 0.1) is 0 Å². The fraction of sp³-hybridized carbons (Fsp3) is 0.562. The van der Waals surface area contributed by atoms with Gasteiger partial charge in [-0.05, 0) is 27.2 Å². The van der Waals surface area contributed by atoms with Crippen LogP contribution in [0.15, 0.2) is 11.4 Å². The second kappa shape index (κ2) is 6.52. The normalized spacial score (nSPS) is 22.6. The van der Waals surface area contributed by atoms with Gasteiger partial charge < -0.3 is 20.5 Å². The maximum absolute atomic E-state index is 12.4. The second-order valence-corrected chi connectivity index (χ2v) is 7.40. The van der Waals surface area contributed by atoms with Crippen molar-refractivity contribution in [3.05, 3.63) is 11.9 Å². The number of carbonyl (C=O) groups excluding carboxylic acids is 1. The Labute approximate surface area is 150 Å². The highest BCUT2D eigenvalue weighted by molar-refractivity contribution is 6.44. The van der Waals surface area contributed by atoms with Crippen LogP contribution in [0.5, 0.6) is 0 Å². The van der Waals surface area contributed by atoms with Crippen LogP contribution in [0.25, 0.3) is 0 Å². The lowest BCUT2D eigenvalue weighted by molar-refractivity contribution is -0.868. The summed E-state index contributed by atoms with van der Waals surface area (Å²) in [6, 6.07) is -0.138. The Morgan fingerprint density at radius 2 is 2.12 bits per heavy atom. The first-order valence-electron chi connectivity index (χ1n) is 8.45. The number of aromatic nitrogens is 2. The molecule has 2 atom stereocenters. The van der Waals surface area contributed by atoms with E-state index >= 15 is 0 Å². The van der Waals surface area contributed by atoms with E-state index in [9.17, 15) is 14.7 Å². The fourth-order valence-corrected chi connectivity index (χ4v) is 3.19. The van der Waals surface area contributed by atoms with Gasteiger partial charge in [-0.3, -0.25) is 0 Å². The summed E-state index contributed by atoms with van der Waals surface area (Å²) >= 11 is 0. The minimum absolute atomic E-state index is 0.0888. The molecule has 10 nitrogen and oxygen atoms in total. The van der Waals surface area contributed by atoms with Crippen LogP contribution in [0.1, 0.15) is 39.2 Å². The zero-order valence-corrected chi connectivity index (χ0v) is 15.0. The molecule has 26 heavy (non-hydrogen) atoms. The third kappa shape index (κ3) is 3.45. The predicted octanol–water partition coefficient (Wildman–Crippen LogP) is -0.223. The van der Waals surface area contributed by atoms with Crippen LogP contribution < -0.4 is 10.7 Å². The molecule has 0 saturated carbocycles.